The van der Waals surface area contributed by atoms with Crippen molar-refractivity contribution in [1.29, 1.82) is 0 Å². The van der Waals surface area contributed by atoms with Crippen LogP contribution in [-0.4, -0.2) is 35.8 Å². The second kappa shape index (κ2) is 5.69. The maximum absolute atomic E-state index is 11.0. The van der Waals surface area contributed by atoms with Gasteiger partial charge in [0.1, 0.15) is 11.5 Å². The Morgan fingerprint density at radius 3 is 2.12 bits per heavy atom. The van der Waals surface area contributed by atoms with Crippen molar-refractivity contribution in [3.05, 3.63) is 0 Å². The number of carbonyl (C=O) groups is 2. The van der Waals surface area contributed by atoms with Gasteiger partial charge in [0.2, 0.25) is 6.29 Å². The predicted molar refractivity (Wildman–Crippen MR) is 60.5 cm³/mol. The molecule has 0 amide bonds. The quantitative estimate of drug-likeness (QED) is 0.558. The SMILES string of the molecule is CC(=O)OC1O[C@@H](C)[C@@H](C)[C@@H](OC(C)=O)[C@@H]1Cl. The second-order valence-electron chi connectivity index (χ2n) is 4.20. The molecule has 0 aromatic carbocycles. The summed E-state index contributed by atoms with van der Waals surface area (Å²) in [6, 6.07) is 0. The van der Waals surface area contributed by atoms with E-state index < -0.39 is 29.7 Å². The Kier molecular flexibility index (Phi) is 4.77. The fourth-order valence-corrected chi connectivity index (χ4v) is 2.13. The zero-order valence-electron chi connectivity index (χ0n) is 10.3. The maximum atomic E-state index is 11.0. The number of halogens is 1. The third-order valence-electron chi connectivity index (χ3n) is 2.77. The van der Waals surface area contributed by atoms with Crippen molar-refractivity contribution in [2.24, 2.45) is 5.92 Å². The van der Waals surface area contributed by atoms with Crippen molar-refractivity contribution in [3.63, 3.8) is 0 Å². The summed E-state index contributed by atoms with van der Waals surface area (Å²) in [4.78, 5) is 21.9. The van der Waals surface area contributed by atoms with Crippen molar-refractivity contribution < 1.29 is 23.8 Å². The van der Waals surface area contributed by atoms with Crippen LogP contribution in [0.25, 0.3) is 0 Å². The molecule has 0 bridgehead atoms. The van der Waals surface area contributed by atoms with Crippen molar-refractivity contribution in [1.82, 2.24) is 0 Å². The molecule has 1 rings (SSSR count). The molecule has 6 heteroatoms. The summed E-state index contributed by atoms with van der Waals surface area (Å²) in [6.07, 6.45) is -1.62. The van der Waals surface area contributed by atoms with Gasteiger partial charge in [-0.3, -0.25) is 9.59 Å². The van der Waals surface area contributed by atoms with Crippen LogP contribution in [0.2, 0.25) is 0 Å². The molecule has 1 heterocycles. The highest BCUT2D eigenvalue weighted by Gasteiger charge is 2.44. The number of ether oxygens (including phenoxy) is 3. The van der Waals surface area contributed by atoms with Gasteiger partial charge in [-0.05, 0) is 6.92 Å². The lowest BCUT2D eigenvalue weighted by atomic mass is 9.93. The molecule has 1 fully saturated rings. The first-order valence-electron chi connectivity index (χ1n) is 5.47. The normalized spacial score (nSPS) is 37.4. The van der Waals surface area contributed by atoms with E-state index >= 15 is 0 Å². The van der Waals surface area contributed by atoms with Crippen LogP contribution in [0, 0.1) is 5.92 Å². The molecule has 0 aromatic heterocycles. The minimum Gasteiger partial charge on any atom is -0.460 e. The summed E-state index contributed by atoms with van der Waals surface area (Å²) in [7, 11) is 0. The Hall–Kier alpha value is -0.810. The van der Waals surface area contributed by atoms with E-state index in [1.165, 1.54) is 13.8 Å². The van der Waals surface area contributed by atoms with Crippen molar-refractivity contribution in [3.8, 4) is 0 Å². The molecular weight excluding hydrogens is 248 g/mol. The smallest absolute Gasteiger partial charge is 0.304 e. The first kappa shape index (κ1) is 14.3. The molecule has 17 heavy (non-hydrogen) atoms. The van der Waals surface area contributed by atoms with Crippen LogP contribution in [0.3, 0.4) is 0 Å². The Bertz CT molecular complexity index is 306. The summed E-state index contributed by atoms with van der Waals surface area (Å²) in [5.41, 5.74) is 0. The molecular formula is C11H17ClO5. The predicted octanol–water partition coefficient (Wildman–Crippen LogP) is 1.47. The fraction of sp³-hybridized carbons (Fsp3) is 0.818. The van der Waals surface area contributed by atoms with E-state index in [4.69, 9.17) is 25.8 Å². The lowest BCUT2D eigenvalue weighted by molar-refractivity contribution is -0.227. The van der Waals surface area contributed by atoms with Gasteiger partial charge in [0, 0.05) is 19.8 Å². The minimum absolute atomic E-state index is 0.0618. The van der Waals surface area contributed by atoms with Crippen LogP contribution >= 0.6 is 11.6 Å². The van der Waals surface area contributed by atoms with Gasteiger partial charge in [-0.15, -0.1) is 11.6 Å². The van der Waals surface area contributed by atoms with E-state index in [-0.39, 0.29) is 12.0 Å². The van der Waals surface area contributed by atoms with Crippen LogP contribution in [0.15, 0.2) is 0 Å². The average molecular weight is 265 g/mol. The fourth-order valence-electron chi connectivity index (χ4n) is 1.74. The number of hydrogen-bond donors (Lipinski definition) is 0. The Morgan fingerprint density at radius 2 is 1.65 bits per heavy atom. The van der Waals surface area contributed by atoms with Gasteiger partial charge in [0.15, 0.2) is 0 Å². The van der Waals surface area contributed by atoms with E-state index in [0.717, 1.165) is 0 Å². The second-order valence-corrected chi connectivity index (χ2v) is 4.70. The van der Waals surface area contributed by atoms with Crippen LogP contribution in [0.4, 0.5) is 0 Å². The first-order chi connectivity index (χ1) is 7.82. The van der Waals surface area contributed by atoms with E-state index in [2.05, 4.69) is 0 Å². The standard InChI is InChI=1S/C11H17ClO5/c1-5-6(2)15-11(17-8(4)14)9(12)10(5)16-7(3)13/h5-6,9-11H,1-4H3/t5-,6+,9+,10-,11?/m1/s1. The van der Waals surface area contributed by atoms with E-state index in [1.54, 1.807) is 0 Å². The average Bonchev–Trinajstić information content (AvgIpc) is 2.20. The lowest BCUT2D eigenvalue weighted by Gasteiger charge is -2.40. The van der Waals surface area contributed by atoms with Crippen LogP contribution in [0.1, 0.15) is 27.7 Å². The number of alkyl halides is 1. The molecule has 0 N–H and O–H groups in total. The summed E-state index contributed by atoms with van der Waals surface area (Å²) in [5.74, 6) is -0.958. The molecule has 0 spiro atoms. The third-order valence-corrected chi connectivity index (χ3v) is 3.22. The maximum Gasteiger partial charge on any atom is 0.304 e. The Labute approximate surface area is 105 Å². The first-order valence-corrected chi connectivity index (χ1v) is 5.90. The van der Waals surface area contributed by atoms with Gasteiger partial charge in [-0.1, -0.05) is 6.92 Å². The summed E-state index contributed by atoms with van der Waals surface area (Å²) in [6.45, 7) is 6.28. The molecule has 1 saturated heterocycles. The largest absolute Gasteiger partial charge is 0.460 e. The molecule has 0 aliphatic carbocycles. The van der Waals surface area contributed by atoms with Gasteiger partial charge >= 0.3 is 11.9 Å². The number of esters is 2. The zero-order valence-corrected chi connectivity index (χ0v) is 11.1. The molecule has 5 atom stereocenters. The van der Waals surface area contributed by atoms with E-state index in [9.17, 15) is 9.59 Å². The molecule has 1 unspecified atom stereocenters. The van der Waals surface area contributed by atoms with Gasteiger partial charge < -0.3 is 14.2 Å². The van der Waals surface area contributed by atoms with Gasteiger partial charge in [0.25, 0.3) is 0 Å². The molecule has 5 nitrogen and oxygen atoms in total. The summed E-state index contributed by atoms with van der Waals surface area (Å²) < 4.78 is 15.6. The highest BCUT2D eigenvalue weighted by atomic mass is 35.5. The van der Waals surface area contributed by atoms with Crippen molar-refractivity contribution >= 4 is 23.5 Å². The van der Waals surface area contributed by atoms with E-state index in [1.807, 2.05) is 13.8 Å². The molecule has 0 radical (unpaired) electrons. The molecule has 98 valence electrons. The zero-order chi connectivity index (χ0) is 13.2. The lowest BCUT2D eigenvalue weighted by Crippen LogP contribution is -2.53. The highest BCUT2D eigenvalue weighted by Crippen LogP contribution is 2.32. The van der Waals surface area contributed by atoms with Crippen molar-refractivity contribution in [2.45, 2.75) is 51.6 Å². The topological polar surface area (TPSA) is 61.8 Å². The van der Waals surface area contributed by atoms with Crippen LogP contribution in [-0.2, 0) is 23.8 Å². The van der Waals surface area contributed by atoms with Gasteiger partial charge in [-0.2, -0.15) is 0 Å². The minimum atomic E-state index is -0.885. The van der Waals surface area contributed by atoms with Crippen molar-refractivity contribution in [2.75, 3.05) is 0 Å². The van der Waals surface area contributed by atoms with Crippen LogP contribution < -0.4 is 0 Å². The Morgan fingerprint density at radius 1 is 1.12 bits per heavy atom. The van der Waals surface area contributed by atoms with Crippen LogP contribution in [0.5, 0.6) is 0 Å². The molecule has 0 aromatic rings. The summed E-state index contributed by atoms with van der Waals surface area (Å²) in [5, 5.41) is -0.700. The van der Waals surface area contributed by atoms with Gasteiger partial charge in [-0.25, -0.2) is 0 Å². The number of rotatable bonds is 2. The van der Waals surface area contributed by atoms with Gasteiger partial charge in [0.05, 0.1) is 6.10 Å². The third kappa shape index (κ3) is 3.57. The molecule has 1 aliphatic heterocycles. The monoisotopic (exact) mass is 264 g/mol. The number of carbonyl (C=O) groups excluding carboxylic acids is 2. The van der Waals surface area contributed by atoms with E-state index in [0.29, 0.717) is 0 Å². The molecule has 1 aliphatic rings. The highest BCUT2D eigenvalue weighted by molar-refractivity contribution is 6.21. The summed E-state index contributed by atoms with van der Waals surface area (Å²) >= 11 is 6.12. The molecule has 0 saturated carbocycles. The number of hydrogen-bond acceptors (Lipinski definition) is 5. The Balaban J connectivity index is 2.78.